The van der Waals surface area contributed by atoms with Crippen LogP contribution in [-0.4, -0.2) is 6.04 Å². The van der Waals surface area contributed by atoms with Gasteiger partial charge in [-0.1, -0.05) is 18.0 Å². The van der Waals surface area contributed by atoms with E-state index in [4.69, 9.17) is 17.3 Å². The maximum Gasteiger partial charge on any atom is 0.143 e. The summed E-state index contributed by atoms with van der Waals surface area (Å²) in [7, 11) is 0. The van der Waals surface area contributed by atoms with E-state index in [9.17, 15) is 4.39 Å². The van der Waals surface area contributed by atoms with E-state index in [1.54, 1.807) is 0 Å². The normalized spacial score (nSPS) is 30.8. The summed E-state index contributed by atoms with van der Waals surface area (Å²) in [6.45, 7) is 0. The molecule has 0 amide bonds. The highest BCUT2D eigenvalue weighted by molar-refractivity contribution is 6.31. The number of nitrogens with two attached hydrogens (primary N) is 1. The van der Waals surface area contributed by atoms with Crippen LogP contribution in [0.2, 0.25) is 5.02 Å². The second kappa shape index (κ2) is 4.05. The predicted molar refractivity (Wildman–Crippen MR) is 68.7 cm³/mol. The first kappa shape index (κ1) is 11.1. The van der Waals surface area contributed by atoms with Crippen molar-refractivity contribution in [1.82, 2.24) is 0 Å². The number of fused-ring (bicyclic) bond motifs is 2. The van der Waals surface area contributed by atoms with E-state index < -0.39 is 5.82 Å². The zero-order valence-electron chi connectivity index (χ0n) is 9.55. The van der Waals surface area contributed by atoms with Crippen molar-refractivity contribution in [2.75, 3.05) is 11.1 Å². The average Bonchev–Trinajstić information content (AvgIpc) is 2.87. The molecule has 2 aliphatic rings. The molecule has 4 heteroatoms. The van der Waals surface area contributed by atoms with Gasteiger partial charge in [0.05, 0.1) is 16.4 Å². The van der Waals surface area contributed by atoms with Crippen LogP contribution in [-0.2, 0) is 0 Å². The third-order valence-electron chi connectivity index (χ3n) is 4.17. The Morgan fingerprint density at radius 1 is 1.29 bits per heavy atom. The lowest BCUT2D eigenvalue weighted by atomic mass is 9.95. The van der Waals surface area contributed by atoms with Crippen molar-refractivity contribution in [2.45, 2.75) is 31.7 Å². The van der Waals surface area contributed by atoms with Gasteiger partial charge in [-0.15, -0.1) is 0 Å². The molecule has 92 valence electrons. The monoisotopic (exact) mass is 254 g/mol. The zero-order chi connectivity index (χ0) is 12.0. The number of hydrogen-bond donors (Lipinski definition) is 2. The van der Waals surface area contributed by atoms with Crippen LogP contribution in [0.5, 0.6) is 0 Å². The first-order valence-corrected chi connectivity index (χ1v) is 6.52. The average molecular weight is 255 g/mol. The molecule has 2 aliphatic carbocycles. The molecule has 0 radical (unpaired) electrons. The molecule has 0 aliphatic heterocycles. The molecule has 0 heterocycles. The highest BCUT2D eigenvalue weighted by Crippen LogP contribution is 2.46. The van der Waals surface area contributed by atoms with E-state index in [1.165, 1.54) is 37.8 Å². The highest BCUT2D eigenvalue weighted by Gasteiger charge is 2.39. The fourth-order valence-corrected chi connectivity index (χ4v) is 3.48. The molecule has 0 aromatic heterocycles. The minimum absolute atomic E-state index is 0.0843. The third kappa shape index (κ3) is 1.97. The molecule has 3 unspecified atom stereocenters. The van der Waals surface area contributed by atoms with E-state index >= 15 is 0 Å². The molecular formula is C13H16ClFN2. The lowest BCUT2D eigenvalue weighted by Gasteiger charge is -2.24. The van der Waals surface area contributed by atoms with E-state index in [0.717, 1.165) is 11.8 Å². The number of nitrogens with one attached hydrogen (secondary N) is 1. The second-order valence-corrected chi connectivity index (χ2v) is 5.69. The molecule has 2 saturated carbocycles. The van der Waals surface area contributed by atoms with Gasteiger partial charge in [-0.25, -0.2) is 4.39 Å². The summed E-state index contributed by atoms with van der Waals surface area (Å²) in [4.78, 5) is 0. The summed E-state index contributed by atoms with van der Waals surface area (Å²) in [5, 5.41) is 3.47. The van der Waals surface area contributed by atoms with Crippen molar-refractivity contribution in [2.24, 2.45) is 11.8 Å². The van der Waals surface area contributed by atoms with Crippen molar-refractivity contribution < 1.29 is 4.39 Å². The fourth-order valence-electron chi connectivity index (χ4n) is 3.31. The van der Waals surface area contributed by atoms with Crippen LogP contribution in [0, 0.1) is 17.7 Å². The van der Waals surface area contributed by atoms with E-state index in [0.29, 0.717) is 17.4 Å². The van der Waals surface area contributed by atoms with Crippen molar-refractivity contribution in [3.8, 4) is 0 Å². The van der Waals surface area contributed by atoms with E-state index in [2.05, 4.69) is 5.32 Å². The highest BCUT2D eigenvalue weighted by atomic mass is 35.5. The topological polar surface area (TPSA) is 38.0 Å². The summed E-state index contributed by atoms with van der Waals surface area (Å²) in [5.41, 5.74) is 7.06. The summed E-state index contributed by atoms with van der Waals surface area (Å²) in [5.74, 6) is 1.18. The van der Waals surface area contributed by atoms with Crippen LogP contribution >= 0.6 is 11.6 Å². The Labute approximate surface area is 105 Å². The number of anilines is 2. The second-order valence-electron chi connectivity index (χ2n) is 5.28. The molecule has 17 heavy (non-hydrogen) atoms. The molecule has 2 fully saturated rings. The number of hydrogen-bond acceptors (Lipinski definition) is 2. The Morgan fingerprint density at radius 2 is 2.12 bits per heavy atom. The predicted octanol–water partition coefficient (Wildman–Crippen LogP) is 3.66. The number of nitrogen functional groups attached to an aromatic ring is 1. The van der Waals surface area contributed by atoms with Gasteiger partial charge in [0.15, 0.2) is 0 Å². The molecular weight excluding hydrogens is 239 g/mol. The van der Waals surface area contributed by atoms with Crippen LogP contribution in [0.1, 0.15) is 25.7 Å². The molecule has 2 nitrogen and oxygen atoms in total. The lowest BCUT2D eigenvalue weighted by molar-refractivity contribution is 0.439. The van der Waals surface area contributed by atoms with Crippen molar-refractivity contribution in [1.29, 1.82) is 0 Å². The lowest BCUT2D eigenvalue weighted by Crippen LogP contribution is -2.26. The zero-order valence-corrected chi connectivity index (χ0v) is 10.3. The van der Waals surface area contributed by atoms with Gasteiger partial charge >= 0.3 is 0 Å². The number of rotatable bonds is 2. The van der Waals surface area contributed by atoms with Crippen molar-refractivity contribution in [3.63, 3.8) is 0 Å². The Balaban J connectivity index is 1.79. The minimum Gasteiger partial charge on any atom is -0.397 e. The quantitative estimate of drug-likeness (QED) is 0.791. The van der Waals surface area contributed by atoms with Crippen LogP contribution in [0.3, 0.4) is 0 Å². The SMILES string of the molecule is Nc1cc(Cl)c(F)cc1NC1CC2CCC1C2. The Bertz CT molecular complexity index is 449. The smallest absolute Gasteiger partial charge is 0.143 e. The third-order valence-corrected chi connectivity index (χ3v) is 4.46. The Morgan fingerprint density at radius 3 is 2.76 bits per heavy atom. The summed E-state index contributed by atoms with van der Waals surface area (Å²) in [6, 6.07) is 3.34. The minimum atomic E-state index is -0.411. The first-order valence-electron chi connectivity index (χ1n) is 6.14. The fraction of sp³-hybridized carbons (Fsp3) is 0.538. The van der Waals surface area contributed by atoms with Crippen LogP contribution in [0.15, 0.2) is 12.1 Å². The van der Waals surface area contributed by atoms with Gasteiger partial charge < -0.3 is 11.1 Å². The summed E-state index contributed by atoms with van der Waals surface area (Å²) < 4.78 is 13.4. The van der Waals surface area contributed by atoms with Gasteiger partial charge in [0.25, 0.3) is 0 Å². The van der Waals surface area contributed by atoms with Crippen molar-refractivity contribution in [3.05, 3.63) is 23.0 Å². The van der Waals surface area contributed by atoms with Crippen LogP contribution in [0.25, 0.3) is 0 Å². The van der Waals surface area contributed by atoms with E-state index in [1.807, 2.05) is 0 Å². The first-order chi connectivity index (χ1) is 8.13. The number of halogens is 2. The van der Waals surface area contributed by atoms with Crippen LogP contribution < -0.4 is 11.1 Å². The standard InChI is InChI=1S/C13H16ClFN2/c14-9-5-11(16)13(6-10(9)15)17-12-4-7-1-2-8(12)3-7/h5-8,12,17H,1-4,16H2. The molecule has 3 rings (SSSR count). The van der Waals surface area contributed by atoms with Gasteiger partial charge in [0.2, 0.25) is 0 Å². The molecule has 1 aromatic rings. The maximum atomic E-state index is 13.4. The molecule has 2 bridgehead atoms. The molecule has 0 saturated heterocycles. The maximum absolute atomic E-state index is 13.4. The van der Waals surface area contributed by atoms with Gasteiger partial charge in [0, 0.05) is 12.1 Å². The van der Waals surface area contributed by atoms with Crippen LogP contribution in [0.4, 0.5) is 15.8 Å². The van der Waals surface area contributed by atoms with E-state index in [-0.39, 0.29) is 5.02 Å². The Hall–Kier alpha value is -0.960. The molecule has 0 spiro atoms. The summed E-state index contributed by atoms with van der Waals surface area (Å²) in [6.07, 6.45) is 5.15. The van der Waals surface area contributed by atoms with Crippen molar-refractivity contribution >= 4 is 23.0 Å². The number of benzene rings is 1. The van der Waals surface area contributed by atoms with Gasteiger partial charge in [-0.05, 0) is 37.2 Å². The van der Waals surface area contributed by atoms with Gasteiger partial charge in [-0.2, -0.15) is 0 Å². The molecule has 3 atom stereocenters. The van der Waals surface area contributed by atoms with Gasteiger partial charge in [-0.3, -0.25) is 0 Å². The van der Waals surface area contributed by atoms with Gasteiger partial charge in [0.1, 0.15) is 5.82 Å². The largest absolute Gasteiger partial charge is 0.397 e. The summed E-state index contributed by atoms with van der Waals surface area (Å²) >= 11 is 5.68. The molecule has 3 N–H and O–H groups in total. The molecule has 1 aromatic carbocycles. The Kier molecular flexibility index (Phi) is 2.66.